The van der Waals surface area contributed by atoms with Crippen molar-refractivity contribution in [1.82, 2.24) is 0 Å². The van der Waals surface area contributed by atoms with E-state index in [0.717, 1.165) is 12.0 Å². The fourth-order valence-electron chi connectivity index (χ4n) is 2.03. The summed E-state index contributed by atoms with van der Waals surface area (Å²) in [7, 11) is 0. The number of nitrogens with zero attached hydrogens (tertiary/aromatic N) is 1. The minimum Gasteiger partial charge on any atom is -0.299 e. The van der Waals surface area contributed by atoms with E-state index in [2.05, 4.69) is 17.3 Å². The number of fused-ring (bicyclic) bond motifs is 1. The molecule has 2 unspecified atom stereocenters. The summed E-state index contributed by atoms with van der Waals surface area (Å²) >= 11 is 0. The predicted molar refractivity (Wildman–Crippen MR) is 51.5 cm³/mol. The Morgan fingerprint density at radius 2 is 2.54 bits per heavy atom. The summed E-state index contributed by atoms with van der Waals surface area (Å²) in [6, 6.07) is 0. The van der Waals surface area contributed by atoms with Crippen LogP contribution in [0.5, 0.6) is 0 Å². The van der Waals surface area contributed by atoms with Gasteiger partial charge in [0.2, 0.25) is 0 Å². The van der Waals surface area contributed by atoms with Gasteiger partial charge < -0.3 is 0 Å². The topological polar surface area (TPSA) is 29.4 Å². The van der Waals surface area contributed by atoms with Gasteiger partial charge in [-0.3, -0.25) is 9.79 Å². The normalized spacial score (nSPS) is 30.8. The zero-order chi connectivity index (χ0) is 9.26. The Bertz CT molecular complexity index is 345. The first-order valence-corrected chi connectivity index (χ1v) is 4.45. The van der Waals surface area contributed by atoms with Gasteiger partial charge in [0.1, 0.15) is 5.78 Å². The average molecular weight is 173 g/mol. The van der Waals surface area contributed by atoms with Crippen molar-refractivity contribution >= 4 is 12.0 Å². The molecular formula is C11H11NO. The van der Waals surface area contributed by atoms with Crippen LogP contribution in [-0.4, -0.2) is 12.0 Å². The molecule has 2 atom stereocenters. The summed E-state index contributed by atoms with van der Waals surface area (Å²) in [6.07, 6.45) is 7.01. The number of ketones is 1. The lowest BCUT2D eigenvalue weighted by atomic mass is 9.88. The molecule has 2 aliphatic rings. The zero-order valence-electron chi connectivity index (χ0n) is 7.36. The molecule has 0 aromatic rings. The summed E-state index contributed by atoms with van der Waals surface area (Å²) in [6.45, 7) is 3.51. The highest BCUT2D eigenvalue weighted by Gasteiger charge is 2.36. The van der Waals surface area contributed by atoms with E-state index in [4.69, 9.17) is 0 Å². The van der Waals surface area contributed by atoms with E-state index in [-0.39, 0.29) is 5.92 Å². The molecule has 1 heterocycles. The number of hydrogen-bond donors (Lipinski definition) is 0. The van der Waals surface area contributed by atoms with E-state index < -0.39 is 0 Å². The predicted octanol–water partition coefficient (Wildman–Crippen LogP) is 1.89. The van der Waals surface area contributed by atoms with Gasteiger partial charge in [0.05, 0.1) is 5.92 Å². The van der Waals surface area contributed by atoms with E-state index in [1.807, 2.05) is 6.21 Å². The minimum atomic E-state index is 0.0340. The number of hydrogen-bond acceptors (Lipinski definition) is 2. The van der Waals surface area contributed by atoms with Crippen LogP contribution < -0.4 is 0 Å². The molecule has 2 nitrogen and oxygen atoms in total. The number of allylic oxidation sites excluding steroid dienone is 2. The molecule has 2 heteroatoms. The second-order valence-corrected chi connectivity index (χ2v) is 3.42. The molecule has 0 bridgehead atoms. The maximum absolute atomic E-state index is 11.5. The Labute approximate surface area is 77.4 Å². The van der Waals surface area contributed by atoms with E-state index in [9.17, 15) is 4.79 Å². The van der Waals surface area contributed by atoms with Crippen LogP contribution in [0.1, 0.15) is 12.8 Å². The largest absolute Gasteiger partial charge is 0.299 e. The van der Waals surface area contributed by atoms with E-state index in [0.29, 0.717) is 18.1 Å². The molecule has 0 saturated heterocycles. The van der Waals surface area contributed by atoms with E-state index in [1.54, 1.807) is 12.3 Å². The van der Waals surface area contributed by atoms with Gasteiger partial charge in [-0.15, -0.1) is 5.73 Å². The van der Waals surface area contributed by atoms with Gasteiger partial charge in [0, 0.05) is 24.8 Å². The summed E-state index contributed by atoms with van der Waals surface area (Å²) < 4.78 is 0. The zero-order valence-corrected chi connectivity index (χ0v) is 7.36. The van der Waals surface area contributed by atoms with Gasteiger partial charge in [-0.25, -0.2) is 0 Å². The second-order valence-electron chi connectivity index (χ2n) is 3.42. The van der Waals surface area contributed by atoms with Gasteiger partial charge in [-0.05, 0) is 18.1 Å². The highest BCUT2D eigenvalue weighted by atomic mass is 16.1. The number of carbonyl (C=O) groups is 1. The highest BCUT2D eigenvalue weighted by Crippen LogP contribution is 2.35. The molecule has 0 amide bonds. The first-order chi connectivity index (χ1) is 6.33. The van der Waals surface area contributed by atoms with Gasteiger partial charge >= 0.3 is 0 Å². The van der Waals surface area contributed by atoms with E-state index in [1.165, 1.54) is 0 Å². The fraction of sp³-hybridized carbons (Fsp3) is 0.364. The van der Waals surface area contributed by atoms with Crippen LogP contribution in [-0.2, 0) is 4.79 Å². The van der Waals surface area contributed by atoms with Crippen molar-refractivity contribution < 1.29 is 4.79 Å². The molecular weight excluding hydrogens is 162 g/mol. The monoisotopic (exact) mass is 173 g/mol. The van der Waals surface area contributed by atoms with Gasteiger partial charge in [0.15, 0.2) is 0 Å². The Morgan fingerprint density at radius 3 is 3.31 bits per heavy atom. The van der Waals surface area contributed by atoms with Crippen LogP contribution in [0.4, 0.5) is 0 Å². The fourth-order valence-corrected chi connectivity index (χ4v) is 2.03. The van der Waals surface area contributed by atoms with Crippen molar-refractivity contribution in [2.45, 2.75) is 12.8 Å². The van der Waals surface area contributed by atoms with Gasteiger partial charge in [-0.1, -0.05) is 6.58 Å². The van der Waals surface area contributed by atoms with Crippen LogP contribution in [0.2, 0.25) is 0 Å². The van der Waals surface area contributed by atoms with Crippen molar-refractivity contribution in [3.8, 4) is 0 Å². The maximum Gasteiger partial charge on any atom is 0.141 e. The molecule has 1 saturated carbocycles. The lowest BCUT2D eigenvalue weighted by Gasteiger charge is -2.17. The first kappa shape index (κ1) is 8.21. The number of aliphatic imine (C=N–C) groups is 1. The van der Waals surface area contributed by atoms with Crippen molar-refractivity contribution in [3.63, 3.8) is 0 Å². The van der Waals surface area contributed by atoms with Crippen LogP contribution >= 0.6 is 0 Å². The van der Waals surface area contributed by atoms with Crippen molar-refractivity contribution in [2.24, 2.45) is 16.8 Å². The van der Waals surface area contributed by atoms with E-state index >= 15 is 0 Å². The molecule has 1 aliphatic carbocycles. The van der Waals surface area contributed by atoms with Crippen LogP contribution in [0.25, 0.3) is 0 Å². The summed E-state index contributed by atoms with van der Waals surface area (Å²) in [4.78, 5) is 15.6. The van der Waals surface area contributed by atoms with Crippen LogP contribution in [0.15, 0.2) is 35.2 Å². The van der Waals surface area contributed by atoms with Crippen molar-refractivity contribution in [3.05, 3.63) is 30.2 Å². The number of rotatable bonds is 1. The lowest BCUT2D eigenvalue weighted by molar-refractivity contribution is -0.119. The molecule has 2 rings (SSSR count). The summed E-state index contributed by atoms with van der Waals surface area (Å²) in [5.41, 5.74) is 3.66. The van der Waals surface area contributed by atoms with Crippen LogP contribution in [0, 0.1) is 11.8 Å². The highest BCUT2D eigenvalue weighted by molar-refractivity contribution is 5.91. The average Bonchev–Trinajstić information content (AvgIpc) is 2.50. The third kappa shape index (κ3) is 1.30. The third-order valence-electron chi connectivity index (χ3n) is 2.63. The molecule has 66 valence electrons. The quantitative estimate of drug-likeness (QED) is 0.557. The molecule has 0 N–H and O–H groups in total. The Balaban J connectivity index is 2.36. The molecule has 1 aliphatic heterocycles. The Morgan fingerprint density at radius 1 is 1.69 bits per heavy atom. The molecule has 1 fully saturated rings. The molecule has 0 radical (unpaired) electrons. The number of Topliss-reactive ketones (excluding diaryl/α,β-unsaturated/α-hetero) is 1. The molecule has 0 spiro atoms. The van der Waals surface area contributed by atoms with Gasteiger partial charge in [0.25, 0.3) is 0 Å². The number of carbonyl (C=O) groups excluding carboxylic acids is 1. The maximum atomic E-state index is 11.5. The molecule has 0 aromatic heterocycles. The SMILES string of the molecule is C=C=CC1=CN=CC2CCC(=O)C12. The summed E-state index contributed by atoms with van der Waals surface area (Å²) in [5.74, 6) is 0.678. The second kappa shape index (κ2) is 3.15. The standard InChI is InChI=1S/C11H11NO/c1-2-3-8-6-12-7-9-4-5-10(13)11(8)9/h3,6-7,9,11H,1,4-5H2. The lowest BCUT2D eigenvalue weighted by Crippen LogP contribution is -2.19. The Kier molecular flexibility index (Phi) is 1.99. The van der Waals surface area contributed by atoms with Crippen molar-refractivity contribution in [2.75, 3.05) is 0 Å². The van der Waals surface area contributed by atoms with Crippen LogP contribution in [0.3, 0.4) is 0 Å². The molecule has 13 heavy (non-hydrogen) atoms. The van der Waals surface area contributed by atoms with Gasteiger partial charge in [-0.2, -0.15) is 0 Å². The van der Waals surface area contributed by atoms with Crippen molar-refractivity contribution in [1.29, 1.82) is 0 Å². The molecule has 0 aromatic carbocycles. The summed E-state index contributed by atoms with van der Waals surface area (Å²) in [5, 5.41) is 0. The third-order valence-corrected chi connectivity index (χ3v) is 2.63. The first-order valence-electron chi connectivity index (χ1n) is 4.45. The minimum absolute atomic E-state index is 0.0340. The smallest absolute Gasteiger partial charge is 0.141 e. The Hall–Kier alpha value is -1.40.